The van der Waals surface area contributed by atoms with E-state index in [0.29, 0.717) is 22.4 Å². The summed E-state index contributed by atoms with van der Waals surface area (Å²) in [4.78, 5) is 17.4. The third-order valence-electron chi connectivity index (χ3n) is 2.46. The molecule has 1 N–H and O–H groups in total. The summed E-state index contributed by atoms with van der Waals surface area (Å²) in [7, 11) is 0. The molecule has 0 saturated heterocycles. The zero-order valence-corrected chi connectivity index (χ0v) is 8.61. The van der Waals surface area contributed by atoms with Gasteiger partial charge in [0.25, 0.3) is 0 Å². The van der Waals surface area contributed by atoms with Gasteiger partial charge < -0.3 is 4.42 Å². The molecule has 0 unspecified atom stereocenters. The average molecular weight is 230 g/mol. The molecular formula is C12H7FN2O2. The predicted octanol–water partition coefficient (Wildman–Crippen LogP) is 2.32. The summed E-state index contributed by atoms with van der Waals surface area (Å²) in [6.07, 6.45) is 1.49. The number of fused-ring (bicyclic) bond motifs is 1. The van der Waals surface area contributed by atoms with E-state index in [4.69, 9.17) is 4.42 Å². The second kappa shape index (κ2) is 3.55. The first-order valence-electron chi connectivity index (χ1n) is 4.98. The summed E-state index contributed by atoms with van der Waals surface area (Å²) >= 11 is 0. The fraction of sp³-hybridized carbons (Fsp3) is 0. The quantitative estimate of drug-likeness (QED) is 0.697. The Balaban J connectivity index is 2.24. The molecule has 0 bridgehead atoms. The van der Waals surface area contributed by atoms with Crippen LogP contribution in [0.4, 0.5) is 4.39 Å². The summed E-state index contributed by atoms with van der Waals surface area (Å²) in [5, 5.41) is 0. The van der Waals surface area contributed by atoms with E-state index in [0.717, 1.165) is 0 Å². The van der Waals surface area contributed by atoms with Gasteiger partial charge in [-0.2, -0.15) is 0 Å². The van der Waals surface area contributed by atoms with Crippen molar-refractivity contribution in [2.45, 2.75) is 0 Å². The lowest BCUT2D eigenvalue weighted by molar-refractivity contribution is 0.555. The molecule has 5 heteroatoms. The van der Waals surface area contributed by atoms with Crippen LogP contribution in [0.3, 0.4) is 0 Å². The Labute approximate surface area is 94.7 Å². The van der Waals surface area contributed by atoms with Crippen LogP contribution < -0.4 is 5.76 Å². The lowest BCUT2D eigenvalue weighted by atomic mass is 10.1. The first-order chi connectivity index (χ1) is 8.24. The van der Waals surface area contributed by atoms with Crippen LogP contribution in [0.5, 0.6) is 0 Å². The molecule has 0 spiro atoms. The second-order valence-corrected chi connectivity index (χ2v) is 3.57. The predicted molar refractivity (Wildman–Crippen MR) is 60.0 cm³/mol. The molecule has 0 aliphatic carbocycles. The fourth-order valence-electron chi connectivity index (χ4n) is 1.68. The third kappa shape index (κ3) is 1.61. The highest BCUT2D eigenvalue weighted by molar-refractivity contribution is 5.76. The maximum absolute atomic E-state index is 13.6. The largest absolute Gasteiger partial charge is 0.418 e. The summed E-state index contributed by atoms with van der Waals surface area (Å²) < 4.78 is 18.4. The van der Waals surface area contributed by atoms with Crippen molar-refractivity contribution in [2.24, 2.45) is 0 Å². The van der Waals surface area contributed by atoms with Gasteiger partial charge in [0.1, 0.15) is 5.82 Å². The van der Waals surface area contributed by atoms with E-state index in [-0.39, 0.29) is 5.82 Å². The summed E-state index contributed by atoms with van der Waals surface area (Å²) in [5.41, 5.74) is 1.66. The maximum atomic E-state index is 13.6. The molecule has 0 radical (unpaired) electrons. The minimum atomic E-state index is -0.571. The Hall–Kier alpha value is -2.43. The van der Waals surface area contributed by atoms with Gasteiger partial charge in [0.15, 0.2) is 11.2 Å². The van der Waals surface area contributed by atoms with Crippen LogP contribution in [0.2, 0.25) is 0 Å². The molecule has 4 nitrogen and oxygen atoms in total. The molecule has 0 aliphatic rings. The van der Waals surface area contributed by atoms with E-state index in [9.17, 15) is 9.18 Å². The Kier molecular flexibility index (Phi) is 2.04. The van der Waals surface area contributed by atoms with E-state index < -0.39 is 5.76 Å². The summed E-state index contributed by atoms with van der Waals surface area (Å²) in [5.74, 6) is -0.912. The van der Waals surface area contributed by atoms with Gasteiger partial charge in [0.05, 0.1) is 0 Å². The lowest BCUT2D eigenvalue weighted by Crippen LogP contribution is -1.93. The van der Waals surface area contributed by atoms with Crippen LogP contribution >= 0.6 is 0 Å². The van der Waals surface area contributed by atoms with Gasteiger partial charge in [-0.15, -0.1) is 0 Å². The molecule has 1 aromatic carbocycles. The molecule has 84 valence electrons. The molecule has 2 heterocycles. The zero-order chi connectivity index (χ0) is 11.8. The van der Waals surface area contributed by atoms with Crippen molar-refractivity contribution < 1.29 is 8.81 Å². The smallest absolute Gasteiger partial charge is 0.406 e. The lowest BCUT2D eigenvalue weighted by Gasteiger charge is -2.01. The minimum absolute atomic E-state index is 0.316. The number of pyridine rings is 1. The van der Waals surface area contributed by atoms with E-state index in [1.54, 1.807) is 24.3 Å². The molecule has 17 heavy (non-hydrogen) atoms. The van der Waals surface area contributed by atoms with Gasteiger partial charge in [0, 0.05) is 17.3 Å². The molecule has 0 aliphatic heterocycles. The second-order valence-electron chi connectivity index (χ2n) is 3.57. The number of nitrogens with zero attached hydrogens (tertiary/aromatic N) is 1. The topological polar surface area (TPSA) is 58.9 Å². The summed E-state index contributed by atoms with van der Waals surface area (Å²) in [6.45, 7) is 0. The Bertz CT molecular complexity index is 745. The number of hydrogen-bond acceptors (Lipinski definition) is 3. The van der Waals surface area contributed by atoms with Crippen LogP contribution in [0.1, 0.15) is 0 Å². The third-order valence-corrected chi connectivity index (χ3v) is 2.46. The molecule has 3 rings (SSSR count). The number of rotatable bonds is 1. The van der Waals surface area contributed by atoms with Crippen LogP contribution in [0.25, 0.3) is 22.4 Å². The Morgan fingerprint density at radius 3 is 2.94 bits per heavy atom. The first-order valence-corrected chi connectivity index (χ1v) is 4.98. The molecule has 0 atom stereocenters. The van der Waals surface area contributed by atoms with Crippen molar-refractivity contribution in [1.82, 2.24) is 9.97 Å². The van der Waals surface area contributed by atoms with Gasteiger partial charge in [0.2, 0.25) is 0 Å². The number of hydrogen-bond donors (Lipinski definition) is 1. The number of aromatic amines is 1. The fourth-order valence-corrected chi connectivity index (χ4v) is 1.68. The Morgan fingerprint density at radius 1 is 1.29 bits per heavy atom. The van der Waals surface area contributed by atoms with Gasteiger partial charge in [-0.3, -0.25) is 4.98 Å². The van der Waals surface area contributed by atoms with Crippen molar-refractivity contribution in [3.05, 3.63) is 52.9 Å². The van der Waals surface area contributed by atoms with E-state index in [2.05, 4.69) is 9.97 Å². The zero-order valence-electron chi connectivity index (χ0n) is 8.61. The highest BCUT2D eigenvalue weighted by Crippen LogP contribution is 2.23. The monoisotopic (exact) mass is 230 g/mol. The van der Waals surface area contributed by atoms with Crippen molar-refractivity contribution in [1.29, 1.82) is 0 Å². The molecule has 0 amide bonds. The first kappa shape index (κ1) is 9.77. The maximum Gasteiger partial charge on any atom is 0.418 e. The van der Waals surface area contributed by atoms with Crippen molar-refractivity contribution >= 4 is 11.2 Å². The number of nitrogens with one attached hydrogen (secondary N) is 1. The standard InChI is InChI=1S/C12H7FN2O2/c13-9-4-2-1-3-8(9)7-5-10-11(14-6-7)15-12(16)17-10/h1-6H,(H,14,15,16). The number of oxazole rings is 1. The highest BCUT2D eigenvalue weighted by Gasteiger charge is 2.08. The minimum Gasteiger partial charge on any atom is -0.406 e. The van der Waals surface area contributed by atoms with Crippen molar-refractivity contribution in [3.63, 3.8) is 0 Å². The van der Waals surface area contributed by atoms with Crippen LogP contribution in [-0.2, 0) is 0 Å². The molecule has 2 aromatic heterocycles. The van der Waals surface area contributed by atoms with Crippen molar-refractivity contribution in [3.8, 4) is 11.1 Å². The van der Waals surface area contributed by atoms with E-state index in [1.807, 2.05) is 0 Å². The number of benzene rings is 1. The normalized spacial score (nSPS) is 10.9. The molecular weight excluding hydrogens is 223 g/mol. The number of aromatic nitrogens is 2. The SMILES string of the molecule is O=c1[nH]c2ncc(-c3ccccc3F)cc2o1. The van der Waals surface area contributed by atoms with Crippen molar-refractivity contribution in [2.75, 3.05) is 0 Å². The summed E-state index contributed by atoms with van der Waals surface area (Å²) in [6, 6.07) is 7.94. The van der Waals surface area contributed by atoms with Gasteiger partial charge in [-0.1, -0.05) is 18.2 Å². The number of halogens is 1. The van der Waals surface area contributed by atoms with E-state index >= 15 is 0 Å². The van der Waals surface area contributed by atoms with Gasteiger partial charge in [-0.25, -0.2) is 14.2 Å². The van der Waals surface area contributed by atoms with Gasteiger partial charge in [-0.05, 0) is 12.1 Å². The molecule has 0 saturated carbocycles. The molecule has 3 aromatic rings. The highest BCUT2D eigenvalue weighted by atomic mass is 19.1. The van der Waals surface area contributed by atoms with Crippen LogP contribution in [-0.4, -0.2) is 9.97 Å². The van der Waals surface area contributed by atoms with Crippen LogP contribution in [0.15, 0.2) is 45.7 Å². The average Bonchev–Trinajstić information content (AvgIpc) is 2.68. The number of H-pyrrole nitrogens is 1. The van der Waals surface area contributed by atoms with Gasteiger partial charge >= 0.3 is 5.76 Å². The Morgan fingerprint density at radius 2 is 2.12 bits per heavy atom. The van der Waals surface area contributed by atoms with Crippen LogP contribution in [0, 0.1) is 5.82 Å². The van der Waals surface area contributed by atoms with E-state index in [1.165, 1.54) is 12.3 Å². The molecule has 0 fully saturated rings.